The Labute approximate surface area is 140 Å². The van der Waals surface area contributed by atoms with Crippen LogP contribution in [0.15, 0.2) is 30.5 Å². The summed E-state index contributed by atoms with van der Waals surface area (Å²) >= 11 is 6.22. The zero-order valence-corrected chi connectivity index (χ0v) is 13.9. The number of amides is 1. The van der Waals surface area contributed by atoms with Gasteiger partial charge in [0.05, 0.1) is 28.2 Å². The highest BCUT2D eigenvalue weighted by molar-refractivity contribution is 6.32. The third-order valence-electron chi connectivity index (χ3n) is 4.44. The summed E-state index contributed by atoms with van der Waals surface area (Å²) in [6, 6.07) is 7.92. The maximum atomic E-state index is 12.5. The fraction of sp³-hybridized carbons (Fsp3) is 0.412. The van der Waals surface area contributed by atoms with E-state index in [-0.39, 0.29) is 18.0 Å². The van der Waals surface area contributed by atoms with Crippen LogP contribution in [-0.4, -0.2) is 27.8 Å². The molecule has 23 heavy (non-hydrogen) atoms. The van der Waals surface area contributed by atoms with Crippen molar-refractivity contribution in [2.45, 2.75) is 44.7 Å². The highest BCUT2D eigenvalue weighted by Crippen LogP contribution is 2.22. The molecule has 1 aromatic carbocycles. The molecule has 1 aromatic heterocycles. The molecule has 1 fully saturated rings. The topological polar surface area (TPSA) is 72.9 Å². The minimum atomic E-state index is -0.0822. The Balaban J connectivity index is 1.76. The molecular formula is C17H21ClN4O. The molecule has 0 saturated heterocycles. The molecule has 3 N–H and O–H groups in total. The van der Waals surface area contributed by atoms with Crippen molar-refractivity contribution in [2.24, 2.45) is 5.73 Å². The molecule has 0 aliphatic heterocycles. The number of carbonyl (C=O) groups excluding carboxylic acids is 1. The number of aromatic nitrogens is 2. The lowest BCUT2D eigenvalue weighted by molar-refractivity contribution is 0.0925. The molecule has 2 aromatic rings. The lowest BCUT2D eigenvalue weighted by atomic mass is 9.91. The Bertz CT molecular complexity index is 704. The molecule has 1 amide bonds. The van der Waals surface area contributed by atoms with Crippen molar-refractivity contribution < 1.29 is 4.79 Å². The minimum Gasteiger partial charge on any atom is -0.349 e. The van der Waals surface area contributed by atoms with Crippen LogP contribution in [0.1, 0.15) is 41.7 Å². The summed E-state index contributed by atoms with van der Waals surface area (Å²) in [5.41, 5.74) is 8.04. The van der Waals surface area contributed by atoms with Gasteiger partial charge in [-0.2, -0.15) is 5.10 Å². The molecule has 5 nitrogen and oxygen atoms in total. The number of carbonyl (C=O) groups is 1. The average molecular weight is 333 g/mol. The second kappa shape index (κ2) is 6.72. The predicted molar refractivity (Wildman–Crippen MR) is 91.0 cm³/mol. The van der Waals surface area contributed by atoms with E-state index in [4.69, 9.17) is 17.3 Å². The molecule has 0 radical (unpaired) electrons. The average Bonchev–Trinajstić information content (AvgIpc) is 2.92. The van der Waals surface area contributed by atoms with Crippen molar-refractivity contribution in [3.8, 4) is 5.69 Å². The van der Waals surface area contributed by atoms with Gasteiger partial charge in [0.1, 0.15) is 0 Å². The zero-order chi connectivity index (χ0) is 16.4. The number of hydrogen-bond acceptors (Lipinski definition) is 3. The molecular weight excluding hydrogens is 312 g/mol. The molecule has 1 heterocycles. The van der Waals surface area contributed by atoms with Crippen molar-refractivity contribution in [1.82, 2.24) is 15.1 Å². The SMILES string of the molecule is Cc1c(C(=O)NC2CCC(N)CC2)cnn1-c1ccccc1Cl. The summed E-state index contributed by atoms with van der Waals surface area (Å²) in [6.45, 7) is 1.88. The molecule has 3 rings (SSSR count). The predicted octanol–water partition coefficient (Wildman–Crippen LogP) is 2.83. The van der Waals surface area contributed by atoms with E-state index in [1.165, 1.54) is 0 Å². The second-order valence-corrected chi connectivity index (χ2v) is 6.50. The van der Waals surface area contributed by atoms with Crippen LogP contribution in [0.2, 0.25) is 5.02 Å². The van der Waals surface area contributed by atoms with Crippen molar-refractivity contribution in [3.63, 3.8) is 0 Å². The van der Waals surface area contributed by atoms with Gasteiger partial charge in [0.25, 0.3) is 5.91 Å². The summed E-state index contributed by atoms with van der Waals surface area (Å²) < 4.78 is 1.70. The van der Waals surface area contributed by atoms with E-state index in [1.54, 1.807) is 10.9 Å². The smallest absolute Gasteiger partial charge is 0.254 e. The van der Waals surface area contributed by atoms with Crippen LogP contribution in [0, 0.1) is 6.92 Å². The standard InChI is InChI=1S/C17H21ClN4O/c1-11-14(17(23)21-13-8-6-12(19)7-9-13)10-20-22(11)16-5-3-2-4-15(16)18/h2-5,10,12-13H,6-9,19H2,1H3,(H,21,23). The molecule has 122 valence electrons. The molecule has 0 unspecified atom stereocenters. The summed E-state index contributed by atoms with van der Waals surface area (Å²) in [6.07, 6.45) is 5.39. The van der Waals surface area contributed by atoms with Crippen LogP contribution >= 0.6 is 11.6 Å². The number of nitrogens with zero attached hydrogens (tertiary/aromatic N) is 2. The van der Waals surface area contributed by atoms with Crippen LogP contribution in [0.4, 0.5) is 0 Å². The first-order valence-electron chi connectivity index (χ1n) is 7.92. The third-order valence-corrected chi connectivity index (χ3v) is 4.76. The summed E-state index contributed by atoms with van der Waals surface area (Å²) in [5.74, 6) is -0.0822. The lowest BCUT2D eigenvalue weighted by Crippen LogP contribution is -2.40. The molecule has 0 bridgehead atoms. The first-order chi connectivity index (χ1) is 11.1. The third kappa shape index (κ3) is 3.41. The molecule has 0 spiro atoms. The van der Waals surface area contributed by atoms with Gasteiger partial charge < -0.3 is 11.1 Å². The van der Waals surface area contributed by atoms with Gasteiger partial charge in [0.2, 0.25) is 0 Å². The maximum absolute atomic E-state index is 12.5. The van der Waals surface area contributed by atoms with Crippen LogP contribution < -0.4 is 11.1 Å². The Hall–Kier alpha value is -1.85. The van der Waals surface area contributed by atoms with Gasteiger partial charge in [-0.05, 0) is 44.7 Å². The van der Waals surface area contributed by atoms with E-state index in [9.17, 15) is 4.79 Å². The Morgan fingerprint density at radius 2 is 2.00 bits per heavy atom. The van der Waals surface area contributed by atoms with E-state index in [1.807, 2.05) is 31.2 Å². The summed E-state index contributed by atoms with van der Waals surface area (Å²) in [5, 5.41) is 8.02. The van der Waals surface area contributed by atoms with Gasteiger partial charge in [-0.15, -0.1) is 0 Å². The van der Waals surface area contributed by atoms with Crippen molar-refractivity contribution >= 4 is 17.5 Å². The zero-order valence-electron chi connectivity index (χ0n) is 13.1. The summed E-state index contributed by atoms with van der Waals surface area (Å²) in [7, 11) is 0. The molecule has 1 aliphatic carbocycles. The molecule has 6 heteroatoms. The molecule has 1 saturated carbocycles. The van der Waals surface area contributed by atoms with Gasteiger partial charge in [-0.25, -0.2) is 4.68 Å². The fourth-order valence-electron chi connectivity index (χ4n) is 3.03. The van der Waals surface area contributed by atoms with E-state index in [0.717, 1.165) is 37.1 Å². The Morgan fingerprint density at radius 3 is 2.70 bits per heavy atom. The fourth-order valence-corrected chi connectivity index (χ4v) is 3.24. The van der Waals surface area contributed by atoms with E-state index < -0.39 is 0 Å². The van der Waals surface area contributed by atoms with E-state index in [2.05, 4.69) is 10.4 Å². The largest absolute Gasteiger partial charge is 0.349 e. The number of para-hydroxylation sites is 1. The van der Waals surface area contributed by atoms with Crippen LogP contribution in [0.5, 0.6) is 0 Å². The van der Waals surface area contributed by atoms with Gasteiger partial charge in [0, 0.05) is 12.1 Å². The van der Waals surface area contributed by atoms with E-state index >= 15 is 0 Å². The number of rotatable bonds is 3. The normalized spacial score (nSPS) is 21.2. The van der Waals surface area contributed by atoms with Gasteiger partial charge in [-0.1, -0.05) is 23.7 Å². The number of halogens is 1. The Kier molecular flexibility index (Phi) is 4.68. The molecule has 1 aliphatic rings. The number of nitrogens with two attached hydrogens (primary N) is 1. The van der Waals surface area contributed by atoms with Gasteiger partial charge in [0.15, 0.2) is 0 Å². The monoisotopic (exact) mass is 332 g/mol. The minimum absolute atomic E-state index is 0.0822. The van der Waals surface area contributed by atoms with Crippen molar-refractivity contribution in [1.29, 1.82) is 0 Å². The second-order valence-electron chi connectivity index (χ2n) is 6.09. The highest BCUT2D eigenvalue weighted by Gasteiger charge is 2.22. The number of hydrogen-bond donors (Lipinski definition) is 2. The first-order valence-corrected chi connectivity index (χ1v) is 8.30. The maximum Gasteiger partial charge on any atom is 0.254 e. The van der Waals surface area contributed by atoms with Crippen LogP contribution in [-0.2, 0) is 0 Å². The Morgan fingerprint density at radius 1 is 1.30 bits per heavy atom. The highest BCUT2D eigenvalue weighted by atomic mass is 35.5. The summed E-state index contributed by atoms with van der Waals surface area (Å²) in [4.78, 5) is 12.5. The lowest BCUT2D eigenvalue weighted by Gasteiger charge is -2.26. The number of benzene rings is 1. The van der Waals surface area contributed by atoms with Crippen molar-refractivity contribution in [2.75, 3.05) is 0 Å². The van der Waals surface area contributed by atoms with Gasteiger partial charge in [-0.3, -0.25) is 4.79 Å². The first kappa shape index (κ1) is 16.0. The van der Waals surface area contributed by atoms with E-state index in [0.29, 0.717) is 10.6 Å². The van der Waals surface area contributed by atoms with Crippen LogP contribution in [0.25, 0.3) is 5.69 Å². The van der Waals surface area contributed by atoms with Gasteiger partial charge >= 0.3 is 0 Å². The molecule has 0 atom stereocenters. The number of nitrogens with one attached hydrogen (secondary N) is 1. The quantitative estimate of drug-likeness (QED) is 0.907. The van der Waals surface area contributed by atoms with Crippen molar-refractivity contribution in [3.05, 3.63) is 46.7 Å². The van der Waals surface area contributed by atoms with Crippen LogP contribution in [0.3, 0.4) is 0 Å².